The first-order valence-corrected chi connectivity index (χ1v) is 18.0. The summed E-state index contributed by atoms with van der Waals surface area (Å²) in [6, 6.07) is 15.3. The van der Waals surface area contributed by atoms with Crippen LogP contribution in [0.1, 0.15) is 21.2 Å². The van der Waals surface area contributed by atoms with Gasteiger partial charge in [-0.3, -0.25) is 0 Å². The van der Waals surface area contributed by atoms with Crippen LogP contribution in [0.25, 0.3) is 17.2 Å². The van der Waals surface area contributed by atoms with Crippen molar-refractivity contribution in [3.63, 3.8) is 0 Å². The average molecular weight is 507 g/mol. The molecule has 0 radical (unpaired) electrons. The van der Waals surface area contributed by atoms with E-state index in [-0.39, 0.29) is 30.2 Å². The van der Waals surface area contributed by atoms with Crippen molar-refractivity contribution in [3.8, 4) is 16.9 Å². The molecule has 0 bridgehead atoms. The topological polar surface area (TPSA) is 9.23 Å². The van der Waals surface area contributed by atoms with Gasteiger partial charge in [0.05, 0.1) is 0 Å². The van der Waals surface area contributed by atoms with Crippen LogP contribution in [-0.4, -0.2) is 12.5 Å². The van der Waals surface area contributed by atoms with Crippen LogP contribution >= 0.6 is 0 Å². The van der Waals surface area contributed by atoms with E-state index in [9.17, 15) is 0 Å². The maximum atomic E-state index is 5.31. The Morgan fingerprint density at radius 2 is 1.79 bits per heavy atom. The van der Waals surface area contributed by atoms with E-state index in [2.05, 4.69) is 85.9 Å². The van der Waals surface area contributed by atoms with E-state index in [4.69, 9.17) is 4.74 Å². The summed E-state index contributed by atoms with van der Waals surface area (Å²) in [6.45, 7) is 5.08. The Morgan fingerprint density at radius 1 is 1.04 bits per heavy atom. The van der Waals surface area contributed by atoms with E-state index in [1.807, 2.05) is 3.28 Å². The second-order valence-electron chi connectivity index (χ2n) is 7.11. The first-order valence-electron chi connectivity index (χ1n) is 9.18. The first-order chi connectivity index (χ1) is 12.7. The Morgan fingerprint density at radius 3 is 2.39 bits per heavy atom. The number of hydrogen-bond acceptors (Lipinski definition) is 1. The Balaban J connectivity index is 0.00000140. The van der Waals surface area contributed by atoms with E-state index >= 15 is 0 Å². The number of halogens is 2. The van der Waals surface area contributed by atoms with Crippen LogP contribution in [0.2, 0.25) is 13.1 Å². The Kier molecular flexibility index (Phi) is 8.58. The molecular formula is C23H24Cl2OSiZr. The van der Waals surface area contributed by atoms with Gasteiger partial charge < -0.3 is 24.8 Å². The minimum Gasteiger partial charge on any atom is -1.00 e. The molecule has 4 rings (SSSR count). The van der Waals surface area contributed by atoms with Gasteiger partial charge in [0.25, 0.3) is 0 Å². The second-order valence-corrected chi connectivity index (χ2v) is 24.8. The smallest absolute Gasteiger partial charge is 1.00 e. The van der Waals surface area contributed by atoms with Crippen molar-refractivity contribution in [3.05, 3.63) is 81.2 Å². The molecule has 1 atom stereocenters. The monoisotopic (exact) mass is 504 g/mol. The van der Waals surface area contributed by atoms with Gasteiger partial charge in [-0.1, -0.05) is 0 Å². The van der Waals surface area contributed by atoms with Crippen molar-refractivity contribution in [1.82, 2.24) is 0 Å². The Bertz CT molecular complexity index is 971. The van der Waals surface area contributed by atoms with Crippen LogP contribution in [-0.2, 0) is 20.4 Å². The molecular weight excluding hydrogens is 482 g/mol. The summed E-state index contributed by atoms with van der Waals surface area (Å²) in [5.41, 5.74) is 5.40. The van der Waals surface area contributed by atoms with Gasteiger partial charge in [-0.25, -0.2) is 0 Å². The van der Waals surface area contributed by atoms with Crippen LogP contribution < -0.4 is 29.6 Å². The number of hydrogen-bond donors (Lipinski definition) is 0. The number of fused-ring (bicyclic) bond motifs is 1. The summed E-state index contributed by atoms with van der Waals surface area (Å²) >= 11 is -1.67. The number of benzene rings is 2. The summed E-state index contributed by atoms with van der Waals surface area (Å²) in [7, 11) is 1.72. The standard InChI is InChI=1S/C16H13O.C5H5.C2H6Si.2ClH.Zr/c1-17-14-10-8-13(9-11-14)16-7-3-5-12-4-2-6-15(12)16;1-2-4-5-3-1;1-3-2;;;/h2-11H,1H3;1-3H,4H2;1-2H3;2*1H;/q;;;;;+2/p-2. The molecule has 2 aliphatic rings. The third kappa shape index (κ3) is 4.49. The minimum absolute atomic E-state index is 0. The summed E-state index contributed by atoms with van der Waals surface area (Å²) < 4.78 is 7.83. The molecule has 1 nitrogen and oxygen atoms in total. The van der Waals surface area contributed by atoms with Crippen LogP contribution in [0.15, 0.2) is 70.0 Å². The zero-order valence-corrected chi connectivity index (χ0v) is 21.3. The SMILES string of the molecule is COc1ccc(-c2cccc3c2C=C[CH]3[Zr+2]([C]2=CC=CC2)=[Si](C)C)cc1.[Cl-].[Cl-]. The van der Waals surface area contributed by atoms with Gasteiger partial charge in [-0.05, 0) is 0 Å². The van der Waals surface area contributed by atoms with Crippen molar-refractivity contribution >= 4 is 11.5 Å². The Hall–Kier alpha value is -0.860. The predicted molar refractivity (Wildman–Crippen MR) is 110 cm³/mol. The minimum atomic E-state index is -1.67. The molecule has 2 aliphatic carbocycles. The van der Waals surface area contributed by atoms with Gasteiger partial charge in [0, 0.05) is 0 Å². The summed E-state index contributed by atoms with van der Waals surface area (Å²) in [4.78, 5) is 0. The van der Waals surface area contributed by atoms with Gasteiger partial charge >= 0.3 is 165 Å². The zero-order chi connectivity index (χ0) is 18.1. The summed E-state index contributed by atoms with van der Waals surface area (Å²) in [5.74, 6) is 0.912. The molecule has 0 heterocycles. The molecule has 0 N–H and O–H groups in total. The van der Waals surface area contributed by atoms with Crippen molar-refractivity contribution in [2.45, 2.75) is 23.1 Å². The fourth-order valence-electron chi connectivity index (χ4n) is 4.09. The molecule has 1 unspecified atom stereocenters. The van der Waals surface area contributed by atoms with Gasteiger partial charge in [-0.15, -0.1) is 0 Å². The maximum absolute atomic E-state index is 5.31. The second kappa shape index (κ2) is 10.3. The number of ether oxygens (including phenoxy) is 1. The molecule has 2 aromatic carbocycles. The zero-order valence-electron chi connectivity index (χ0n) is 16.4. The molecule has 28 heavy (non-hydrogen) atoms. The van der Waals surface area contributed by atoms with Crippen molar-refractivity contribution in [1.29, 1.82) is 0 Å². The molecule has 0 aromatic heterocycles. The van der Waals surface area contributed by atoms with E-state index < -0.39 is 20.4 Å². The molecule has 144 valence electrons. The third-order valence-corrected chi connectivity index (χ3v) is 23.4. The van der Waals surface area contributed by atoms with Crippen molar-refractivity contribution < 1.29 is 49.9 Å². The maximum Gasteiger partial charge on any atom is -1.00 e. The molecule has 0 saturated heterocycles. The number of methoxy groups -OCH3 is 1. The molecule has 5 heteroatoms. The molecule has 0 aliphatic heterocycles. The largest absolute Gasteiger partial charge is 1.00 e. The number of rotatable bonds is 4. The van der Waals surface area contributed by atoms with Crippen LogP contribution in [0.5, 0.6) is 5.75 Å². The van der Waals surface area contributed by atoms with E-state index in [0.29, 0.717) is 3.63 Å². The third-order valence-electron chi connectivity index (χ3n) is 5.30. The molecule has 0 fully saturated rings. The Labute approximate surface area is 188 Å². The van der Waals surface area contributed by atoms with E-state index in [1.54, 1.807) is 12.7 Å². The molecule has 0 saturated carbocycles. The average Bonchev–Trinajstić information content (AvgIpc) is 3.32. The number of allylic oxidation sites excluding steroid dienone is 5. The van der Waals surface area contributed by atoms with Crippen molar-refractivity contribution in [2.75, 3.05) is 7.11 Å². The fourth-order valence-corrected chi connectivity index (χ4v) is 21.8. The predicted octanol–water partition coefficient (Wildman–Crippen LogP) is 0.151. The van der Waals surface area contributed by atoms with Crippen LogP contribution in [0.4, 0.5) is 0 Å². The summed E-state index contributed by atoms with van der Waals surface area (Å²) in [6.07, 6.45) is 13.2. The quantitative estimate of drug-likeness (QED) is 0.537. The van der Waals surface area contributed by atoms with E-state index in [1.165, 1.54) is 23.1 Å². The molecule has 2 aromatic rings. The first kappa shape index (κ1) is 23.4. The molecule has 0 spiro atoms. The molecule has 0 amide bonds. The summed E-state index contributed by atoms with van der Waals surface area (Å²) in [5, 5.41) is 0. The van der Waals surface area contributed by atoms with Gasteiger partial charge in [0.15, 0.2) is 0 Å². The van der Waals surface area contributed by atoms with Crippen molar-refractivity contribution in [2.24, 2.45) is 0 Å². The van der Waals surface area contributed by atoms with Crippen LogP contribution in [0.3, 0.4) is 0 Å². The van der Waals surface area contributed by atoms with E-state index in [0.717, 1.165) is 5.75 Å². The van der Waals surface area contributed by atoms with Gasteiger partial charge in [-0.2, -0.15) is 0 Å². The fraction of sp³-hybridized carbons (Fsp3) is 0.217. The van der Waals surface area contributed by atoms with Crippen LogP contribution in [0, 0.1) is 0 Å². The normalized spacial score (nSPS) is 15.6. The van der Waals surface area contributed by atoms with Gasteiger partial charge in [0.1, 0.15) is 0 Å². The van der Waals surface area contributed by atoms with Gasteiger partial charge in [0.2, 0.25) is 0 Å².